The van der Waals surface area contributed by atoms with Gasteiger partial charge in [0.1, 0.15) is 0 Å². The summed E-state index contributed by atoms with van der Waals surface area (Å²) in [6.07, 6.45) is 5.90. The molecule has 1 aliphatic carbocycles. The zero-order valence-corrected chi connectivity index (χ0v) is 14.5. The number of rotatable bonds is 5. The highest BCUT2D eigenvalue weighted by Gasteiger charge is 2.29. The number of nitrogens with zero attached hydrogens (tertiary/aromatic N) is 1. The van der Waals surface area contributed by atoms with Crippen molar-refractivity contribution in [2.24, 2.45) is 0 Å². The molecule has 0 bridgehead atoms. The fraction of sp³-hybridized carbons (Fsp3) is 1.00. The SMILES string of the molecule is C[SiH](C)N[SiH](C)N(C1CCCC1)[SiH](C)C. The zero-order chi connectivity index (χ0) is 11.4. The molecule has 0 aromatic heterocycles. The molecule has 0 saturated heterocycles. The van der Waals surface area contributed by atoms with E-state index in [1.165, 1.54) is 25.7 Å². The van der Waals surface area contributed by atoms with Crippen molar-refractivity contribution in [3.8, 4) is 0 Å². The van der Waals surface area contributed by atoms with Crippen LogP contribution in [0.4, 0.5) is 0 Å². The molecule has 5 heteroatoms. The summed E-state index contributed by atoms with van der Waals surface area (Å²) in [5.74, 6) is 0. The van der Waals surface area contributed by atoms with Crippen molar-refractivity contribution in [1.29, 1.82) is 0 Å². The first-order valence-electron chi connectivity index (χ1n) is 6.56. The Morgan fingerprint density at radius 3 is 1.93 bits per heavy atom. The second-order valence-corrected chi connectivity index (χ2v) is 14.4. The first-order chi connectivity index (χ1) is 7.02. The van der Waals surface area contributed by atoms with Crippen LogP contribution in [-0.4, -0.2) is 37.3 Å². The Kier molecular flexibility index (Phi) is 5.76. The van der Waals surface area contributed by atoms with Crippen molar-refractivity contribution in [1.82, 2.24) is 8.88 Å². The lowest BCUT2D eigenvalue weighted by atomic mass is 10.3. The van der Waals surface area contributed by atoms with Crippen molar-refractivity contribution < 1.29 is 0 Å². The van der Waals surface area contributed by atoms with Gasteiger partial charge in [0, 0.05) is 0 Å². The molecule has 0 heterocycles. The van der Waals surface area contributed by atoms with Gasteiger partial charge in [0.15, 0.2) is 9.12 Å². The van der Waals surface area contributed by atoms with Gasteiger partial charge in [-0.05, 0) is 25.4 Å². The fourth-order valence-electron chi connectivity index (χ4n) is 2.96. The highest BCUT2D eigenvalue weighted by molar-refractivity contribution is 6.76. The molecular formula is C10H28N2Si3. The minimum atomic E-state index is -0.779. The molecule has 0 spiro atoms. The van der Waals surface area contributed by atoms with E-state index in [4.69, 9.17) is 0 Å². The molecular weight excluding hydrogens is 232 g/mol. The fourth-order valence-corrected chi connectivity index (χ4v) is 13.9. The van der Waals surface area contributed by atoms with Crippen molar-refractivity contribution in [2.45, 2.75) is 64.5 Å². The van der Waals surface area contributed by atoms with Gasteiger partial charge >= 0.3 is 0 Å². The van der Waals surface area contributed by atoms with Crippen LogP contribution in [0, 0.1) is 0 Å². The first kappa shape index (κ1) is 13.6. The Bertz CT molecular complexity index is 182. The lowest BCUT2D eigenvalue weighted by Crippen LogP contribution is -2.59. The second kappa shape index (κ2) is 6.34. The van der Waals surface area contributed by atoms with Crippen LogP contribution in [0.3, 0.4) is 0 Å². The molecule has 15 heavy (non-hydrogen) atoms. The maximum Gasteiger partial charge on any atom is 0.170 e. The van der Waals surface area contributed by atoms with Crippen molar-refractivity contribution >= 4 is 27.0 Å². The van der Waals surface area contributed by atoms with Gasteiger partial charge in [0.05, 0.1) is 17.9 Å². The Morgan fingerprint density at radius 1 is 1.00 bits per heavy atom. The second-order valence-electron chi connectivity index (χ2n) is 5.48. The van der Waals surface area contributed by atoms with Crippen molar-refractivity contribution in [3.05, 3.63) is 0 Å². The van der Waals surface area contributed by atoms with Crippen molar-refractivity contribution in [2.75, 3.05) is 0 Å². The molecule has 1 N–H and O–H groups in total. The Balaban J connectivity index is 2.55. The van der Waals surface area contributed by atoms with Gasteiger partial charge in [0.25, 0.3) is 0 Å². The summed E-state index contributed by atoms with van der Waals surface area (Å²) in [6, 6.07) is 0.957. The van der Waals surface area contributed by atoms with E-state index in [1.807, 2.05) is 0 Å². The van der Waals surface area contributed by atoms with E-state index in [0.717, 1.165) is 6.04 Å². The number of hydrogen-bond donors (Lipinski definition) is 1. The standard InChI is InChI=1S/C10H28N2Si3/c1-13(2)11-15(5)12(14(3)4)10-8-6-7-9-10/h10-11,13-15H,6-9H2,1-5H3. The predicted molar refractivity (Wildman–Crippen MR) is 78.0 cm³/mol. The summed E-state index contributed by atoms with van der Waals surface area (Å²) >= 11 is 0. The van der Waals surface area contributed by atoms with Crippen LogP contribution in [0.1, 0.15) is 25.7 Å². The number of hydrogen-bond acceptors (Lipinski definition) is 2. The molecule has 1 fully saturated rings. The molecule has 90 valence electrons. The van der Waals surface area contributed by atoms with E-state index < -0.39 is 27.0 Å². The average Bonchev–Trinajstić information content (AvgIpc) is 2.54. The summed E-state index contributed by atoms with van der Waals surface area (Å²) in [6.45, 7) is 12.4. The molecule has 1 rings (SSSR count). The maximum atomic E-state index is 3.94. The normalized spacial score (nSPS) is 20.8. The van der Waals surface area contributed by atoms with Crippen LogP contribution < -0.4 is 4.65 Å². The van der Waals surface area contributed by atoms with Gasteiger partial charge in [-0.1, -0.05) is 39.0 Å². The monoisotopic (exact) mass is 260 g/mol. The highest BCUT2D eigenvalue weighted by Crippen LogP contribution is 2.24. The topological polar surface area (TPSA) is 15.3 Å². The van der Waals surface area contributed by atoms with Crippen LogP contribution >= 0.6 is 0 Å². The molecule has 1 saturated carbocycles. The van der Waals surface area contributed by atoms with E-state index in [9.17, 15) is 0 Å². The summed E-state index contributed by atoms with van der Waals surface area (Å²) in [7, 11) is -1.96. The average molecular weight is 261 g/mol. The van der Waals surface area contributed by atoms with Crippen molar-refractivity contribution in [3.63, 3.8) is 0 Å². The maximum absolute atomic E-state index is 3.94. The third kappa shape index (κ3) is 4.14. The van der Waals surface area contributed by atoms with Gasteiger partial charge in [-0.25, -0.2) is 0 Å². The molecule has 0 radical (unpaired) electrons. The van der Waals surface area contributed by atoms with Gasteiger partial charge in [0.2, 0.25) is 0 Å². The lowest BCUT2D eigenvalue weighted by Gasteiger charge is -2.38. The van der Waals surface area contributed by atoms with E-state index in [-0.39, 0.29) is 0 Å². The smallest absolute Gasteiger partial charge is 0.170 e. The molecule has 0 amide bonds. The van der Waals surface area contributed by atoms with E-state index >= 15 is 0 Å². The van der Waals surface area contributed by atoms with Crippen LogP contribution in [0.5, 0.6) is 0 Å². The molecule has 0 aliphatic heterocycles. The summed E-state index contributed by atoms with van der Waals surface area (Å²) in [4.78, 5) is 0. The Hall–Kier alpha value is 0.571. The summed E-state index contributed by atoms with van der Waals surface area (Å²) < 4.78 is 6.91. The molecule has 2 nitrogen and oxygen atoms in total. The molecule has 1 aliphatic rings. The Labute approximate surface area is 101 Å². The van der Waals surface area contributed by atoms with Gasteiger partial charge < -0.3 is 8.88 Å². The van der Waals surface area contributed by atoms with E-state index in [0.29, 0.717) is 0 Å². The summed E-state index contributed by atoms with van der Waals surface area (Å²) in [5.41, 5.74) is 0. The highest BCUT2D eigenvalue weighted by atomic mass is 28.4. The molecule has 0 aromatic carbocycles. The van der Waals surface area contributed by atoms with Crippen LogP contribution in [0.25, 0.3) is 0 Å². The Morgan fingerprint density at radius 2 is 1.53 bits per heavy atom. The van der Waals surface area contributed by atoms with Gasteiger partial charge in [-0.15, -0.1) is 0 Å². The predicted octanol–water partition coefficient (Wildman–Crippen LogP) is 1.64. The van der Waals surface area contributed by atoms with Crippen LogP contribution in [-0.2, 0) is 0 Å². The lowest BCUT2D eigenvalue weighted by molar-refractivity contribution is 0.464. The minimum absolute atomic E-state index is 0.576. The van der Waals surface area contributed by atoms with E-state index in [2.05, 4.69) is 41.6 Å². The van der Waals surface area contributed by atoms with E-state index in [1.54, 1.807) is 0 Å². The zero-order valence-electron chi connectivity index (χ0n) is 11.1. The molecule has 1 unspecified atom stereocenters. The first-order valence-corrected chi connectivity index (χ1v) is 14.5. The van der Waals surface area contributed by atoms with Gasteiger partial charge in [-0.2, -0.15) is 0 Å². The molecule has 0 aromatic rings. The van der Waals surface area contributed by atoms with Crippen LogP contribution in [0.15, 0.2) is 0 Å². The third-order valence-electron chi connectivity index (χ3n) is 3.36. The summed E-state index contributed by atoms with van der Waals surface area (Å²) in [5, 5.41) is 0. The third-order valence-corrected chi connectivity index (χ3v) is 14.0. The van der Waals surface area contributed by atoms with Gasteiger partial charge in [-0.3, -0.25) is 0 Å². The van der Waals surface area contributed by atoms with Crippen LogP contribution in [0.2, 0.25) is 32.7 Å². The minimum Gasteiger partial charge on any atom is -0.353 e. The largest absolute Gasteiger partial charge is 0.353 e. The quantitative estimate of drug-likeness (QED) is 0.756. The molecule has 1 atom stereocenters. The number of nitrogens with one attached hydrogen (secondary N) is 1.